The van der Waals surface area contributed by atoms with Crippen molar-refractivity contribution in [3.05, 3.63) is 74.7 Å². The van der Waals surface area contributed by atoms with Crippen LogP contribution in [0.5, 0.6) is 0 Å². The molecular formula is C26H30ClN5OS2. The van der Waals surface area contributed by atoms with Gasteiger partial charge in [0.1, 0.15) is 5.69 Å². The van der Waals surface area contributed by atoms with E-state index in [1.165, 1.54) is 0 Å². The molecule has 1 saturated heterocycles. The molecule has 1 aromatic heterocycles. The highest BCUT2D eigenvalue weighted by Gasteiger charge is 2.25. The number of benzene rings is 2. The van der Waals surface area contributed by atoms with Gasteiger partial charge in [0, 0.05) is 61.4 Å². The summed E-state index contributed by atoms with van der Waals surface area (Å²) in [7, 11) is 4.05. The molecule has 1 fully saturated rings. The molecule has 3 aromatic rings. The van der Waals surface area contributed by atoms with Gasteiger partial charge in [0.2, 0.25) is 0 Å². The Kier molecular flexibility index (Phi) is 8.26. The van der Waals surface area contributed by atoms with Crippen molar-refractivity contribution >= 4 is 57.5 Å². The predicted octanol–water partition coefficient (Wildman–Crippen LogP) is 5.68. The van der Waals surface area contributed by atoms with E-state index in [-0.39, 0.29) is 5.91 Å². The monoisotopic (exact) mass is 527 g/mol. The maximum Gasteiger partial charge on any atom is 0.271 e. The Hall–Kier alpha value is -2.68. The van der Waals surface area contributed by atoms with Crippen LogP contribution >= 0.6 is 35.2 Å². The third-order valence-electron chi connectivity index (χ3n) is 6.27. The molecule has 1 aliphatic heterocycles. The van der Waals surface area contributed by atoms with Crippen molar-refractivity contribution in [3.63, 3.8) is 0 Å². The van der Waals surface area contributed by atoms with Crippen molar-refractivity contribution in [3.8, 4) is 0 Å². The minimum atomic E-state index is -0.148. The lowest BCUT2D eigenvalue weighted by Gasteiger charge is -2.33. The van der Waals surface area contributed by atoms with Gasteiger partial charge in [0.15, 0.2) is 5.11 Å². The summed E-state index contributed by atoms with van der Waals surface area (Å²) in [4.78, 5) is 21.6. The molecule has 0 spiro atoms. The lowest BCUT2D eigenvalue weighted by Crippen LogP contribution is -2.40. The highest BCUT2D eigenvalue weighted by atomic mass is 35.5. The molecule has 0 unspecified atom stereocenters. The van der Waals surface area contributed by atoms with Crippen LogP contribution in [0.4, 0.5) is 11.4 Å². The molecule has 35 heavy (non-hydrogen) atoms. The highest BCUT2D eigenvalue weighted by molar-refractivity contribution is 7.80. The number of amides is 1. The van der Waals surface area contributed by atoms with Crippen LogP contribution in [0.2, 0.25) is 5.02 Å². The fraction of sp³-hybridized carbons (Fsp3) is 0.346. The number of nitrogens with zero attached hydrogens (tertiary/aromatic N) is 3. The first-order chi connectivity index (χ1) is 16.8. The number of nitrogens with one attached hydrogen (secondary N) is 2. The fourth-order valence-electron chi connectivity index (χ4n) is 4.08. The number of hydrogen-bond donors (Lipinski definition) is 2. The smallest absolute Gasteiger partial charge is 0.271 e. The van der Waals surface area contributed by atoms with Crippen molar-refractivity contribution in [1.29, 1.82) is 0 Å². The Balaban J connectivity index is 1.27. The van der Waals surface area contributed by atoms with Gasteiger partial charge in [0.25, 0.3) is 5.91 Å². The number of halogens is 1. The van der Waals surface area contributed by atoms with Gasteiger partial charge in [-0.1, -0.05) is 17.7 Å². The van der Waals surface area contributed by atoms with Crippen LogP contribution in [0.25, 0.3) is 0 Å². The maximum absolute atomic E-state index is 12.6. The highest BCUT2D eigenvalue weighted by Crippen LogP contribution is 2.31. The minimum Gasteiger partial charge on any atom is -0.378 e. The standard InChI is InChI=1S/C26H30ClN5OS2/c1-17-14-20(27)5-4-19(17)15-28-24(33)23-16-35-25(30-23)18-10-12-32(13-11-18)26(34)29-21-6-8-22(9-7-21)31(2)3/h4-9,14,16,18H,10-13,15H2,1-3H3,(H,28,33)(H,29,34). The first-order valence-electron chi connectivity index (χ1n) is 11.6. The molecule has 2 heterocycles. The normalized spacial score (nSPS) is 14.0. The summed E-state index contributed by atoms with van der Waals surface area (Å²) >= 11 is 13.2. The number of thiazole rings is 1. The topological polar surface area (TPSA) is 60.5 Å². The summed E-state index contributed by atoms with van der Waals surface area (Å²) < 4.78 is 0. The third kappa shape index (κ3) is 6.51. The van der Waals surface area contributed by atoms with E-state index in [1.54, 1.807) is 11.3 Å². The molecule has 0 atom stereocenters. The molecule has 1 amide bonds. The van der Waals surface area contributed by atoms with Crippen LogP contribution in [-0.2, 0) is 6.54 Å². The van der Waals surface area contributed by atoms with Crippen molar-refractivity contribution < 1.29 is 4.79 Å². The maximum atomic E-state index is 12.6. The Labute approximate surface area is 221 Å². The first kappa shape index (κ1) is 25.4. The average molecular weight is 528 g/mol. The van der Waals surface area contributed by atoms with Crippen molar-refractivity contribution in [2.75, 3.05) is 37.4 Å². The number of rotatable bonds is 6. The zero-order valence-electron chi connectivity index (χ0n) is 20.2. The molecule has 1 aliphatic rings. The van der Waals surface area contributed by atoms with Crippen LogP contribution in [0.3, 0.4) is 0 Å². The van der Waals surface area contributed by atoms with Gasteiger partial charge in [-0.3, -0.25) is 4.79 Å². The van der Waals surface area contributed by atoms with Gasteiger partial charge in [-0.2, -0.15) is 0 Å². The number of carbonyl (C=O) groups is 1. The van der Waals surface area contributed by atoms with E-state index in [0.717, 1.165) is 58.6 Å². The summed E-state index contributed by atoms with van der Waals surface area (Å²) in [6.45, 7) is 4.17. The Morgan fingerprint density at radius 3 is 2.57 bits per heavy atom. The number of aromatic nitrogens is 1. The zero-order chi connectivity index (χ0) is 24.9. The van der Waals surface area contributed by atoms with Crippen molar-refractivity contribution in [2.45, 2.75) is 32.2 Å². The van der Waals surface area contributed by atoms with E-state index in [1.807, 2.05) is 56.7 Å². The molecule has 184 valence electrons. The van der Waals surface area contributed by atoms with E-state index >= 15 is 0 Å². The summed E-state index contributed by atoms with van der Waals surface area (Å²) in [6.07, 6.45) is 1.92. The molecule has 0 radical (unpaired) electrons. The van der Waals surface area contributed by atoms with Crippen LogP contribution in [0.1, 0.15) is 45.4 Å². The summed E-state index contributed by atoms with van der Waals surface area (Å²) in [6, 6.07) is 13.9. The second kappa shape index (κ2) is 11.4. The molecule has 9 heteroatoms. The van der Waals surface area contributed by atoms with E-state index < -0.39 is 0 Å². The van der Waals surface area contributed by atoms with E-state index in [9.17, 15) is 4.79 Å². The van der Waals surface area contributed by atoms with Crippen molar-refractivity contribution in [1.82, 2.24) is 15.2 Å². The fourth-order valence-corrected chi connectivity index (χ4v) is 5.58. The molecule has 2 aromatic carbocycles. The SMILES string of the molecule is Cc1cc(Cl)ccc1CNC(=O)c1csc(C2CCN(C(=S)Nc3ccc(N(C)C)cc3)CC2)n1. The number of hydrogen-bond acceptors (Lipinski definition) is 5. The number of likely N-dealkylation sites (tertiary alicyclic amines) is 1. The van der Waals surface area contributed by atoms with Gasteiger partial charge in [-0.05, 0) is 79.5 Å². The van der Waals surface area contributed by atoms with Crippen LogP contribution in [-0.4, -0.2) is 48.1 Å². The Morgan fingerprint density at radius 1 is 1.20 bits per heavy atom. The second-order valence-corrected chi connectivity index (χ2v) is 10.7. The molecule has 2 N–H and O–H groups in total. The van der Waals surface area contributed by atoms with Crippen LogP contribution in [0.15, 0.2) is 47.8 Å². The van der Waals surface area contributed by atoms with E-state index in [2.05, 4.69) is 37.6 Å². The predicted molar refractivity (Wildman–Crippen MR) is 150 cm³/mol. The largest absolute Gasteiger partial charge is 0.378 e. The number of aryl methyl sites for hydroxylation is 1. The summed E-state index contributed by atoms with van der Waals surface area (Å²) in [5.74, 6) is 0.198. The number of anilines is 2. The number of thiocarbonyl (C=S) groups is 1. The van der Waals surface area contributed by atoms with Gasteiger partial charge >= 0.3 is 0 Å². The quantitative estimate of drug-likeness (QED) is 0.402. The molecule has 0 saturated carbocycles. The van der Waals surface area contributed by atoms with Gasteiger partial charge < -0.3 is 20.4 Å². The first-order valence-corrected chi connectivity index (χ1v) is 13.3. The number of carbonyl (C=O) groups excluding carboxylic acids is 1. The van der Waals surface area contributed by atoms with E-state index in [0.29, 0.717) is 23.2 Å². The second-order valence-electron chi connectivity index (χ2n) is 8.96. The lowest BCUT2D eigenvalue weighted by molar-refractivity contribution is 0.0946. The number of piperidine rings is 1. The summed E-state index contributed by atoms with van der Waals surface area (Å²) in [5.41, 5.74) is 4.73. The average Bonchev–Trinajstić information content (AvgIpc) is 3.34. The summed E-state index contributed by atoms with van der Waals surface area (Å²) in [5, 5.41) is 10.6. The van der Waals surface area contributed by atoms with Gasteiger partial charge in [-0.15, -0.1) is 11.3 Å². The molecule has 0 bridgehead atoms. The third-order valence-corrected chi connectivity index (χ3v) is 7.87. The Morgan fingerprint density at radius 2 is 1.91 bits per heavy atom. The van der Waals surface area contributed by atoms with Crippen LogP contribution in [0, 0.1) is 6.92 Å². The molecule has 4 rings (SSSR count). The van der Waals surface area contributed by atoms with Crippen molar-refractivity contribution in [2.24, 2.45) is 0 Å². The Bertz CT molecular complexity index is 1190. The molecule has 0 aliphatic carbocycles. The molecular weight excluding hydrogens is 498 g/mol. The minimum absolute atomic E-state index is 0.148. The molecule has 6 nitrogen and oxygen atoms in total. The van der Waals surface area contributed by atoms with Crippen LogP contribution < -0.4 is 15.5 Å². The zero-order valence-corrected chi connectivity index (χ0v) is 22.6. The van der Waals surface area contributed by atoms with E-state index in [4.69, 9.17) is 23.8 Å². The van der Waals surface area contributed by atoms with Gasteiger partial charge in [-0.25, -0.2) is 4.98 Å². The van der Waals surface area contributed by atoms with Gasteiger partial charge in [0.05, 0.1) is 5.01 Å². The lowest BCUT2D eigenvalue weighted by atomic mass is 9.98.